The Morgan fingerprint density at radius 3 is 2.46 bits per heavy atom. The molecule has 1 heterocycles. The normalized spacial score (nSPS) is 12.8. The molecule has 0 aliphatic carbocycles. The van der Waals surface area contributed by atoms with Crippen molar-refractivity contribution in [1.82, 2.24) is 9.78 Å². The zero-order chi connectivity index (χ0) is 10.2. The van der Waals surface area contributed by atoms with Crippen LogP contribution in [-0.4, -0.2) is 23.5 Å². The fourth-order valence-electron chi connectivity index (χ4n) is 1.02. The summed E-state index contributed by atoms with van der Waals surface area (Å²) in [5.41, 5.74) is 0.119. The fourth-order valence-corrected chi connectivity index (χ4v) is 1.64. The van der Waals surface area contributed by atoms with Gasteiger partial charge in [-0.3, -0.25) is 0 Å². The molecule has 0 fully saturated rings. The van der Waals surface area contributed by atoms with Crippen molar-refractivity contribution in [2.75, 3.05) is 0 Å². The van der Waals surface area contributed by atoms with Crippen molar-refractivity contribution in [3.63, 3.8) is 0 Å². The highest BCUT2D eigenvalue weighted by molar-refractivity contribution is 7.79. The summed E-state index contributed by atoms with van der Waals surface area (Å²) in [6.45, 7) is 1.38. The van der Waals surface area contributed by atoms with Gasteiger partial charge in [0.2, 0.25) is 11.1 Å². The molecule has 1 aromatic rings. The number of hydrogen-bond acceptors (Lipinski definition) is 4. The highest BCUT2D eigenvalue weighted by atomic mass is 32.2. The SMILES string of the molecule is Cc1c([N+](=O)[O-])nn(C)c1S(=O)O. The Kier molecular flexibility index (Phi) is 2.43. The summed E-state index contributed by atoms with van der Waals surface area (Å²) >= 11 is -2.25. The molecule has 0 aliphatic rings. The lowest BCUT2D eigenvalue weighted by molar-refractivity contribution is -0.390. The van der Waals surface area contributed by atoms with Gasteiger partial charge in [-0.15, -0.1) is 0 Å². The topological polar surface area (TPSA) is 98.3 Å². The van der Waals surface area contributed by atoms with Crippen molar-refractivity contribution in [1.29, 1.82) is 0 Å². The lowest BCUT2D eigenvalue weighted by Crippen LogP contribution is -2.00. The molecule has 1 rings (SSSR count). The molecule has 0 amide bonds. The van der Waals surface area contributed by atoms with E-state index in [4.69, 9.17) is 4.55 Å². The molecule has 8 heteroatoms. The van der Waals surface area contributed by atoms with E-state index in [1.54, 1.807) is 0 Å². The number of hydrogen-bond donors (Lipinski definition) is 1. The summed E-state index contributed by atoms with van der Waals surface area (Å²) in [7, 11) is 1.38. The summed E-state index contributed by atoms with van der Waals surface area (Å²) in [5.74, 6) is -0.389. The minimum absolute atomic E-state index is 0.0494. The van der Waals surface area contributed by atoms with Crippen LogP contribution in [0, 0.1) is 17.0 Å². The van der Waals surface area contributed by atoms with Crippen LogP contribution in [0.4, 0.5) is 5.82 Å². The molecule has 0 spiro atoms. The van der Waals surface area contributed by atoms with Gasteiger partial charge in [-0.1, -0.05) is 0 Å². The summed E-state index contributed by atoms with van der Waals surface area (Å²) in [5, 5.41) is 13.8. The molecule has 0 aromatic carbocycles. The van der Waals surface area contributed by atoms with E-state index < -0.39 is 16.0 Å². The molecule has 1 N–H and O–H groups in total. The van der Waals surface area contributed by atoms with Gasteiger partial charge in [0.05, 0.1) is 17.7 Å². The van der Waals surface area contributed by atoms with E-state index in [2.05, 4.69) is 5.10 Å². The molecule has 72 valence electrons. The van der Waals surface area contributed by atoms with Gasteiger partial charge in [-0.05, 0) is 11.8 Å². The Morgan fingerprint density at radius 2 is 2.23 bits per heavy atom. The van der Waals surface area contributed by atoms with Crippen LogP contribution in [0.25, 0.3) is 0 Å². The predicted octanol–water partition coefficient (Wildman–Crippen LogP) is 0.217. The van der Waals surface area contributed by atoms with Gasteiger partial charge >= 0.3 is 5.82 Å². The van der Waals surface area contributed by atoms with Gasteiger partial charge in [-0.2, -0.15) is 4.68 Å². The highest BCUT2D eigenvalue weighted by Gasteiger charge is 2.25. The van der Waals surface area contributed by atoms with E-state index in [0.717, 1.165) is 4.68 Å². The summed E-state index contributed by atoms with van der Waals surface area (Å²) in [6.07, 6.45) is 0. The summed E-state index contributed by atoms with van der Waals surface area (Å²) < 4.78 is 20.5. The molecular weight excluding hydrogens is 198 g/mol. The van der Waals surface area contributed by atoms with E-state index in [0.29, 0.717) is 0 Å². The first-order valence-electron chi connectivity index (χ1n) is 3.24. The number of nitrogens with zero attached hydrogens (tertiary/aromatic N) is 3. The molecule has 7 nitrogen and oxygen atoms in total. The second-order valence-corrected chi connectivity index (χ2v) is 3.27. The van der Waals surface area contributed by atoms with Crippen LogP contribution in [0.2, 0.25) is 0 Å². The largest absolute Gasteiger partial charge is 0.394 e. The van der Waals surface area contributed by atoms with E-state index in [-0.39, 0.29) is 16.4 Å². The average molecular weight is 205 g/mol. The molecule has 1 atom stereocenters. The first-order valence-corrected chi connectivity index (χ1v) is 4.34. The lowest BCUT2D eigenvalue weighted by Gasteiger charge is -1.91. The Balaban J connectivity index is 3.39. The van der Waals surface area contributed by atoms with Gasteiger partial charge in [0.25, 0.3) is 0 Å². The second kappa shape index (κ2) is 3.23. The Labute approximate surface area is 75.8 Å². The van der Waals surface area contributed by atoms with Crippen LogP contribution in [-0.2, 0) is 18.1 Å². The van der Waals surface area contributed by atoms with E-state index >= 15 is 0 Å². The molecule has 0 saturated carbocycles. The van der Waals surface area contributed by atoms with Crippen LogP contribution < -0.4 is 0 Å². The Bertz CT molecular complexity index is 385. The number of aryl methyl sites for hydroxylation is 1. The van der Waals surface area contributed by atoms with E-state index in [1.807, 2.05) is 0 Å². The maximum atomic E-state index is 10.7. The zero-order valence-corrected chi connectivity index (χ0v) is 7.74. The maximum Gasteiger partial charge on any atom is 0.394 e. The molecule has 1 aromatic heterocycles. The smallest absolute Gasteiger partial charge is 0.358 e. The monoisotopic (exact) mass is 205 g/mol. The quantitative estimate of drug-likeness (QED) is 0.423. The number of rotatable bonds is 2. The van der Waals surface area contributed by atoms with Crippen molar-refractivity contribution in [3.05, 3.63) is 15.7 Å². The molecule has 0 bridgehead atoms. The molecule has 13 heavy (non-hydrogen) atoms. The zero-order valence-electron chi connectivity index (χ0n) is 6.92. The third-order valence-electron chi connectivity index (χ3n) is 1.53. The first kappa shape index (κ1) is 9.81. The maximum absolute atomic E-state index is 10.7. The summed E-state index contributed by atoms with van der Waals surface area (Å²) in [6, 6.07) is 0. The van der Waals surface area contributed by atoms with Crippen molar-refractivity contribution in [3.8, 4) is 0 Å². The van der Waals surface area contributed by atoms with E-state index in [9.17, 15) is 14.3 Å². The second-order valence-electron chi connectivity index (χ2n) is 2.38. The standard InChI is InChI=1S/C5H7N3O4S/c1-3-4(8(9)10)6-7(2)5(3)13(11)12/h1-2H3,(H,11,12). The highest BCUT2D eigenvalue weighted by Crippen LogP contribution is 2.21. The molecule has 0 radical (unpaired) electrons. The van der Waals surface area contributed by atoms with Crippen molar-refractivity contribution >= 4 is 16.9 Å². The van der Waals surface area contributed by atoms with Crippen LogP contribution in [0.1, 0.15) is 5.56 Å². The van der Waals surface area contributed by atoms with Gasteiger partial charge in [0.15, 0.2) is 5.03 Å². The van der Waals surface area contributed by atoms with Crippen LogP contribution >= 0.6 is 0 Å². The third kappa shape index (κ3) is 1.58. The Morgan fingerprint density at radius 1 is 1.69 bits per heavy atom. The minimum Gasteiger partial charge on any atom is -0.358 e. The predicted molar refractivity (Wildman–Crippen MR) is 43.6 cm³/mol. The molecule has 0 saturated heterocycles. The third-order valence-corrected chi connectivity index (χ3v) is 2.43. The minimum atomic E-state index is -2.25. The van der Waals surface area contributed by atoms with Crippen molar-refractivity contribution < 1.29 is 13.7 Å². The first-order chi connectivity index (χ1) is 5.95. The number of nitro groups is 1. The van der Waals surface area contributed by atoms with Crippen molar-refractivity contribution in [2.45, 2.75) is 11.9 Å². The fraction of sp³-hybridized carbons (Fsp3) is 0.400. The van der Waals surface area contributed by atoms with E-state index in [1.165, 1.54) is 14.0 Å². The van der Waals surface area contributed by atoms with Gasteiger partial charge < -0.3 is 14.7 Å². The van der Waals surface area contributed by atoms with Crippen LogP contribution in [0.3, 0.4) is 0 Å². The number of aromatic nitrogens is 2. The lowest BCUT2D eigenvalue weighted by atomic mass is 10.4. The summed E-state index contributed by atoms with van der Waals surface area (Å²) in [4.78, 5) is 9.67. The molecule has 1 unspecified atom stereocenters. The van der Waals surface area contributed by atoms with Gasteiger partial charge in [0.1, 0.15) is 0 Å². The molecule has 0 aliphatic heterocycles. The van der Waals surface area contributed by atoms with Crippen LogP contribution in [0.15, 0.2) is 5.03 Å². The van der Waals surface area contributed by atoms with Gasteiger partial charge in [-0.25, -0.2) is 4.21 Å². The van der Waals surface area contributed by atoms with Crippen molar-refractivity contribution in [2.24, 2.45) is 7.05 Å². The average Bonchev–Trinajstić information content (AvgIpc) is 2.26. The Hall–Kier alpha value is -1.28. The molecular formula is C5H7N3O4S. The van der Waals surface area contributed by atoms with Gasteiger partial charge in [0, 0.05) is 0 Å². The van der Waals surface area contributed by atoms with Crippen LogP contribution in [0.5, 0.6) is 0 Å².